The molecule has 20 heavy (non-hydrogen) atoms. The highest BCUT2D eigenvalue weighted by Gasteiger charge is 2.22. The minimum Gasteiger partial charge on any atom is -0.395 e. The topological polar surface area (TPSA) is 56.3 Å². The second-order valence-corrected chi connectivity index (χ2v) is 5.50. The fourth-order valence-corrected chi connectivity index (χ4v) is 3.11. The maximum Gasteiger partial charge on any atom is 0.256 e. The van der Waals surface area contributed by atoms with Gasteiger partial charge in [0.25, 0.3) is 5.56 Å². The van der Waals surface area contributed by atoms with Crippen LogP contribution in [0.4, 0.5) is 0 Å². The van der Waals surface area contributed by atoms with Gasteiger partial charge in [0.15, 0.2) is 0 Å². The highest BCUT2D eigenvalue weighted by Crippen LogP contribution is 2.26. The smallest absolute Gasteiger partial charge is 0.256 e. The largest absolute Gasteiger partial charge is 0.395 e. The van der Waals surface area contributed by atoms with Crippen LogP contribution in [0.1, 0.15) is 24.5 Å². The van der Waals surface area contributed by atoms with Crippen molar-refractivity contribution < 1.29 is 5.11 Å². The summed E-state index contributed by atoms with van der Waals surface area (Å²) in [5, 5.41) is 10.8. The van der Waals surface area contributed by atoms with Crippen LogP contribution in [-0.4, -0.2) is 41.2 Å². The predicted octanol–water partition coefficient (Wildman–Crippen LogP) is 1.70. The molecule has 2 aromatic rings. The lowest BCUT2D eigenvalue weighted by molar-refractivity contribution is 0.160. The number of aromatic amines is 1. The van der Waals surface area contributed by atoms with E-state index in [1.807, 2.05) is 24.3 Å². The first-order chi connectivity index (χ1) is 9.78. The minimum absolute atomic E-state index is 0.00242. The summed E-state index contributed by atoms with van der Waals surface area (Å²) in [5.41, 5.74) is 1.02. The van der Waals surface area contributed by atoms with Crippen LogP contribution in [0.5, 0.6) is 0 Å². The van der Waals surface area contributed by atoms with Gasteiger partial charge in [0, 0.05) is 30.1 Å². The maximum atomic E-state index is 12.1. The fraction of sp³-hybridized carbons (Fsp3) is 0.438. The Hall–Kier alpha value is -1.65. The van der Waals surface area contributed by atoms with E-state index in [1.54, 1.807) is 0 Å². The number of likely N-dealkylation sites (tertiary alicyclic amines) is 1. The van der Waals surface area contributed by atoms with Crippen LogP contribution in [0.15, 0.2) is 35.1 Å². The van der Waals surface area contributed by atoms with E-state index in [9.17, 15) is 4.79 Å². The summed E-state index contributed by atoms with van der Waals surface area (Å²) in [7, 11) is 0. The number of H-pyrrole nitrogens is 1. The van der Waals surface area contributed by atoms with Crippen LogP contribution in [-0.2, 0) is 0 Å². The van der Waals surface area contributed by atoms with Gasteiger partial charge in [-0.3, -0.25) is 4.79 Å². The van der Waals surface area contributed by atoms with Gasteiger partial charge in [0.05, 0.1) is 6.61 Å². The van der Waals surface area contributed by atoms with Crippen molar-refractivity contribution in [1.29, 1.82) is 0 Å². The Balaban J connectivity index is 1.92. The SMILES string of the molecule is O=c1[nH]c(C2CCCN(CCO)C2)cc2ccccc12. The lowest BCUT2D eigenvalue weighted by Gasteiger charge is -2.32. The highest BCUT2D eigenvalue weighted by molar-refractivity contribution is 5.81. The summed E-state index contributed by atoms with van der Waals surface area (Å²) < 4.78 is 0. The number of nitrogens with zero attached hydrogens (tertiary/aromatic N) is 1. The molecule has 1 aromatic heterocycles. The van der Waals surface area contributed by atoms with Crippen LogP contribution in [0, 0.1) is 0 Å². The second-order valence-electron chi connectivity index (χ2n) is 5.50. The molecule has 0 amide bonds. The number of hydrogen-bond acceptors (Lipinski definition) is 3. The average Bonchev–Trinajstić information content (AvgIpc) is 2.48. The Bertz CT molecular complexity index is 648. The monoisotopic (exact) mass is 272 g/mol. The summed E-state index contributed by atoms with van der Waals surface area (Å²) in [5.74, 6) is 0.354. The average molecular weight is 272 g/mol. The number of nitrogens with one attached hydrogen (secondary N) is 1. The molecule has 4 nitrogen and oxygen atoms in total. The van der Waals surface area contributed by atoms with Crippen LogP contribution < -0.4 is 5.56 Å². The molecule has 4 heteroatoms. The summed E-state index contributed by atoms with van der Waals surface area (Å²) >= 11 is 0. The molecule has 0 saturated carbocycles. The van der Waals surface area contributed by atoms with Crippen molar-refractivity contribution in [2.75, 3.05) is 26.2 Å². The number of benzene rings is 1. The van der Waals surface area contributed by atoms with E-state index in [2.05, 4.69) is 16.0 Å². The number of aliphatic hydroxyl groups is 1. The van der Waals surface area contributed by atoms with Crippen LogP contribution in [0.25, 0.3) is 10.8 Å². The van der Waals surface area contributed by atoms with Crippen molar-refractivity contribution in [3.8, 4) is 0 Å². The Labute approximate surface area is 118 Å². The van der Waals surface area contributed by atoms with Crippen molar-refractivity contribution in [3.63, 3.8) is 0 Å². The molecule has 1 atom stereocenters. The molecule has 0 bridgehead atoms. The van der Waals surface area contributed by atoms with Crippen LogP contribution >= 0.6 is 0 Å². The first kappa shape index (κ1) is 13.3. The van der Waals surface area contributed by atoms with Gasteiger partial charge in [-0.15, -0.1) is 0 Å². The normalized spacial score (nSPS) is 20.4. The van der Waals surface area contributed by atoms with E-state index in [-0.39, 0.29) is 12.2 Å². The van der Waals surface area contributed by atoms with E-state index in [1.165, 1.54) is 0 Å². The van der Waals surface area contributed by atoms with Crippen molar-refractivity contribution in [2.24, 2.45) is 0 Å². The number of fused-ring (bicyclic) bond motifs is 1. The number of hydrogen-bond donors (Lipinski definition) is 2. The molecule has 2 heterocycles. The molecule has 0 aliphatic carbocycles. The molecule has 3 rings (SSSR count). The van der Waals surface area contributed by atoms with E-state index < -0.39 is 0 Å². The third-order valence-electron chi connectivity index (χ3n) is 4.14. The van der Waals surface area contributed by atoms with Crippen molar-refractivity contribution >= 4 is 10.8 Å². The first-order valence-corrected chi connectivity index (χ1v) is 7.23. The van der Waals surface area contributed by atoms with Gasteiger partial charge in [0.2, 0.25) is 0 Å². The number of pyridine rings is 1. The zero-order chi connectivity index (χ0) is 13.9. The van der Waals surface area contributed by atoms with Gasteiger partial charge in [-0.1, -0.05) is 18.2 Å². The van der Waals surface area contributed by atoms with Crippen molar-refractivity contribution in [2.45, 2.75) is 18.8 Å². The van der Waals surface area contributed by atoms with Crippen LogP contribution in [0.3, 0.4) is 0 Å². The van der Waals surface area contributed by atoms with Crippen LogP contribution in [0.2, 0.25) is 0 Å². The van der Waals surface area contributed by atoms with Gasteiger partial charge in [0.1, 0.15) is 0 Å². The molecular weight excluding hydrogens is 252 g/mol. The lowest BCUT2D eigenvalue weighted by atomic mass is 9.93. The molecule has 1 unspecified atom stereocenters. The van der Waals surface area contributed by atoms with E-state index in [0.717, 1.165) is 42.4 Å². The van der Waals surface area contributed by atoms with Gasteiger partial charge in [-0.25, -0.2) is 0 Å². The molecule has 1 saturated heterocycles. The summed E-state index contributed by atoms with van der Waals surface area (Å²) in [6.07, 6.45) is 2.20. The Morgan fingerprint density at radius 3 is 3.05 bits per heavy atom. The molecular formula is C16H20N2O2. The molecule has 1 aliphatic rings. The lowest BCUT2D eigenvalue weighted by Crippen LogP contribution is -2.36. The van der Waals surface area contributed by atoms with E-state index in [4.69, 9.17) is 5.11 Å². The van der Waals surface area contributed by atoms with Crippen molar-refractivity contribution in [1.82, 2.24) is 9.88 Å². The quantitative estimate of drug-likeness (QED) is 0.894. The third-order valence-corrected chi connectivity index (χ3v) is 4.14. The maximum absolute atomic E-state index is 12.1. The molecule has 1 fully saturated rings. The Kier molecular flexibility index (Phi) is 3.85. The molecule has 106 valence electrons. The molecule has 2 N–H and O–H groups in total. The first-order valence-electron chi connectivity index (χ1n) is 7.23. The number of β-amino-alcohol motifs (C(OH)–C–C–N with tert-alkyl or cyclic N) is 1. The molecule has 1 aliphatic heterocycles. The molecule has 0 radical (unpaired) electrons. The number of piperidine rings is 1. The summed E-state index contributed by atoms with van der Waals surface area (Å²) in [6, 6.07) is 9.80. The van der Waals surface area contributed by atoms with Gasteiger partial charge in [-0.2, -0.15) is 0 Å². The zero-order valence-corrected chi connectivity index (χ0v) is 11.5. The summed E-state index contributed by atoms with van der Waals surface area (Å²) in [4.78, 5) is 17.4. The van der Waals surface area contributed by atoms with Crippen molar-refractivity contribution in [3.05, 3.63) is 46.4 Å². The van der Waals surface area contributed by atoms with Gasteiger partial charge >= 0.3 is 0 Å². The van der Waals surface area contributed by atoms with E-state index in [0.29, 0.717) is 12.5 Å². The molecule has 1 aromatic carbocycles. The summed E-state index contributed by atoms with van der Waals surface area (Å²) in [6.45, 7) is 2.86. The minimum atomic E-state index is -0.00242. The standard InChI is InChI=1S/C16H20N2O2/c19-9-8-18-7-3-5-13(11-18)15-10-12-4-1-2-6-14(12)16(20)17-15/h1-2,4,6,10,13,19H,3,5,7-9,11H2,(H,17,20). The highest BCUT2D eigenvalue weighted by atomic mass is 16.3. The third kappa shape index (κ3) is 2.62. The number of aromatic nitrogens is 1. The Morgan fingerprint density at radius 2 is 2.20 bits per heavy atom. The second kappa shape index (κ2) is 5.77. The fourth-order valence-electron chi connectivity index (χ4n) is 3.11. The number of aliphatic hydroxyl groups excluding tert-OH is 1. The number of rotatable bonds is 3. The Morgan fingerprint density at radius 1 is 1.35 bits per heavy atom. The van der Waals surface area contributed by atoms with E-state index >= 15 is 0 Å². The zero-order valence-electron chi connectivity index (χ0n) is 11.5. The van der Waals surface area contributed by atoms with Gasteiger partial charge in [-0.05, 0) is 36.9 Å². The molecule has 0 spiro atoms. The predicted molar refractivity (Wildman–Crippen MR) is 80.1 cm³/mol. The van der Waals surface area contributed by atoms with Gasteiger partial charge < -0.3 is 15.0 Å².